The summed E-state index contributed by atoms with van der Waals surface area (Å²) in [6.07, 6.45) is 4.38. The van der Waals surface area contributed by atoms with E-state index in [0.29, 0.717) is 34.4 Å². The molecule has 0 radical (unpaired) electrons. The molecule has 1 aliphatic rings. The molecule has 1 saturated heterocycles. The number of benzene rings is 1. The van der Waals surface area contributed by atoms with Crippen molar-refractivity contribution in [3.63, 3.8) is 0 Å². The number of carboxylic acid groups (broad SMARTS) is 1. The van der Waals surface area contributed by atoms with Crippen LogP contribution in [0.4, 0.5) is 0 Å². The van der Waals surface area contributed by atoms with Crippen LogP contribution in [0.3, 0.4) is 0 Å². The van der Waals surface area contributed by atoms with E-state index in [9.17, 15) is 57.8 Å². The molecule has 2 aromatic rings. The average molecular weight is 1110 g/mol. The SMILES string of the molecule is CSCC[C@H](NC(=O)[C@H](CCSC)NC(=O)[C@H](CCC(N)=O)NC(=O)[C@H](Cc1c[nH]c2ccccc12)NC(=O)[C@@H](NC(=O)[C@@H]1CCCN1C(=O)[C@H](CC(N)=O)NC(=O)[C@@H](N)CS)C(C)C)C(=O)N[C@@H](CS)C(=O)O. The smallest absolute Gasteiger partial charge is 0.327 e. The van der Waals surface area contributed by atoms with Gasteiger partial charge in [-0.15, -0.1) is 0 Å². The van der Waals surface area contributed by atoms with Crippen LogP contribution in [0.15, 0.2) is 30.5 Å². The number of thioether (sulfide) groups is 2. The number of fused-ring (bicyclic) bond motifs is 1. The summed E-state index contributed by atoms with van der Waals surface area (Å²) in [7, 11) is 0. The maximum absolute atomic E-state index is 14.6. The van der Waals surface area contributed by atoms with E-state index in [1.807, 2.05) is 0 Å². The van der Waals surface area contributed by atoms with Crippen molar-refractivity contribution in [1.82, 2.24) is 47.1 Å². The number of hydrogen-bond donors (Lipinski definition) is 14. The van der Waals surface area contributed by atoms with Gasteiger partial charge < -0.3 is 69.4 Å². The van der Waals surface area contributed by atoms with Crippen LogP contribution in [0.1, 0.15) is 64.4 Å². The van der Waals surface area contributed by atoms with Crippen LogP contribution >= 0.6 is 48.8 Å². The van der Waals surface area contributed by atoms with Gasteiger partial charge in [-0.1, -0.05) is 32.0 Å². The van der Waals surface area contributed by atoms with Crippen LogP contribution in [0.25, 0.3) is 10.9 Å². The molecule has 10 amide bonds. The van der Waals surface area contributed by atoms with Gasteiger partial charge in [0.05, 0.1) is 12.5 Å². The minimum absolute atomic E-state index is 0.0461. The van der Waals surface area contributed by atoms with Crippen LogP contribution in [0.2, 0.25) is 0 Å². The van der Waals surface area contributed by atoms with Crippen molar-refractivity contribution < 1.29 is 57.8 Å². The normalized spacial score (nSPS) is 16.5. The van der Waals surface area contributed by atoms with E-state index >= 15 is 0 Å². The molecule has 0 saturated carbocycles. The molecule has 0 bridgehead atoms. The Bertz CT molecular complexity index is 2330. The van der Waals surface area contributed by atoms with Gasteiger partial charge in [-0.2, -0.15) is 48.8 Å². The third-order valence-corrected chi connectivity index (χ3v) is 14.0. The summed E-state index contributed by atoms with van der Waals surface area (Å²) in [6.45, 7) is 3.35. The number of carbonyl (C=O) groups excluding carboxylic acids is 10. The average Bonchev–Trinajstić information content (AvgIpc) is 4.02. The van der Waals surface area contributed by atoms with E-state index in [1.54, 1.807) is 56.8 Å². The number of aromatic amines is 1. The van der Waals surface area contributed by atoms with E-state index in [-0.39, 0.29) is 50.2 Å². The monoisotopic (exact) mass is 1110 g/mol. The highest BCUT2D eigenvalue weighted by Gasteiger charge is 2.41. The number of H-pyrrole nitrogens is 1. The standard InChI is InChI=1S/C46H70N12O12S4/c1-23(2)37(57-43(66)34-10-7-15-58(34)45(68)32(19-36(49)60)55-38(61)26(47)21-71)44(67)54-31(18-24-20-50-27-9-6-5-8-25(24)27)42(65)51-28(11-12-35(48)59)39(62)52-29(13-16-73-3)40(63)53-30(14-17-74-4)41(64)56-33(22-72)46(69)70/h5-6,8-9,20,23,26,28-34,37,50,71-72H,7,10-19,21-22,47H2,1-4H3,(H2,48,59)(H2,49,60)(H,51,65)(H,52,62)(H,53,63)(H,54,67)(H,55,61)(H,56,64)(H,57,66)(H,69,70)/t26-,28-,29-,30-,31-,32-,33-,34-,37-/m0/s1. The number of nitrogens with zero attached hydrogens (tertiary/aromatic N) is 1. The zero-order valence-corrected chi connectivity index (χ0v) is 45.1. The molecule has 3 rings (SSSR count). The molecule has 410 valence electrons. The molecule has 15 N–H and O–H groups in total. The molecular formula is C46H70N12O12S4. The first-order valence-electron chi connectivity index (χ1n) is 23.8. The molecule has 1 fully saturated rings. The first kappa shape index (κ1) is 62.6. The van der Waals surface area contributed by atoms with Gasteiger partial charge in [0.2, 0.25) is 59.1 Å². The number of carbonyl (C=O) groups is 11. The number of rotatable bonds is 32. The minimum Gasteiger partial charge on any atom is -0.480 e. The van der Waals surface area contributed by atoms with Crippen molar-refractivity contribution in [2.45, 2.75) is 120 Å². The third-order valence-electron chi connectivity index (χ3n) is 12.0. The van der Waals surface area contributed by atoms with Crippen molar-refractivity contribution >= 4 is 125 Å². The Morgan fingerprint density at radius 1 is 0.703 bits per heavy atom. The van der Waals surface area contributed by atoms with Crippen molar-refractivity contribution in [2.24, 2.45) is 23.1 Å². The van der Waals surface area contributed by atoms with Crippen LogP contribution in [-0.4, -0.2) is 176 Å². The summed E-state index contributed by atoms with van der Waals surface area (Å²) in [5.41, 5.74) is 18.0. The number of aromatic nitrogens is 1. The fourth-order valence-electron chi connectivity index (χ4n) is 7.88. The van der Waals surface area contributed by atoms with E-state index in [1.165, 1.54) is 28.4 Å². The predicted molar refractivity (Wildman–Crippen MR) is 287 cm³/mol. The lowest BCUT2D eigenvalue weighted by atomic mass is 9.99. The quantitative estimate of drug-likeness (QED) is 0.0342. The number of amides is 10. The van der Waals surface area contributed by atoms with E-state index in [2.05, 4.69) is 67.5 Å². The maximum Gasteiger partial charge on any atom is 0.327 e. The zero-order valence-electron chi connectivity index (χ0n) is 41.7. The van der Waals surface area contributed by atoms with Crippen molar-refractivity contribution in [3.05, 3.63) is 36.0 Å². The molecule has 0 unspecified atom stereocenters. The predicted octanol–water partition coefficient (Wildman–Crippen LogP) is -2.33. The summed E-state index contributed by atoms with van der Waals surface area (Å²) in [5, 5.41) is 28.3. The maximum atomic E-state index is 14.6. The number of nitrogens with two attached hydrogens (primary N) is 3. The number of aliphatic carboxylic acids is 1. The van der Waals surface area contributed by atoms with Crippen LogP contribution in [-0.2, 0) is 59.2 Å². The Morgan fingerprint density at radius 3 is 1.74 bits per heavy atom. The summed E-state index contributed by atoms with van der Waals surface area (Å²) in [4.78, 5) is 151. The molecule has 9 atom stereocenters. The second kappa shape index (κ2) is 31.2. The fraction of sp³-hybridized carbons (Fsp3) is 0.587. The second-order valence-corrected chi connectivity index (χ2v) is 20.6. The van der Waals surface area contributed by atoms with Crippen LogP contribution < -0.4 is 54.4 Å². The van der Waals surface area contributed by atoms with Crippen molar-refractivity contribution in [2.75, 3.05) is 42.1 Å². The van der Waals surface area contributed by atoms with Crippen molar-refractivity contribution in [1.29, 1.82) is 0 Å². The Labute approximate surface area is 448 Å². The largest absolute Gasteiger partial charge is 0.480 e. The Morgan fingerprint density at radius 2 is 1.23 bits per heavy atom. The number of primary amides is 2. The molecule has 1 aromatic heterocycles. The minimum atomic E-state index is -1.52. The Hall–Kier alpha value is -5.71. The molecule has 0 aliphatic carbocycles. The first-order valence-corrected chi connectivity index (χ1v) is 27.8. The molecule has 24 nitrogen and oxygen atoms in total. The van der Waals surface area contributed by atoms with Gasteiger partial charge in [0.25, 0.3) is 0 Å². The zero-order chi connectivity index (χ0) is 55.2. The van der Waals surface area contributed by atoms with Gasteiger partial charge in [-0.25, -0.2) is 4.79 Å². The third kappa shape index (κ3) is 19.2. The Kier molecular flexibility index (Phi) is 26.4. The van der Waals surface area contributed by atoms with Gasteiger partial charge in [-0.3, -0.25) is 47.9 Å². The number of para-hydroxylation sites is 1. The van der Waals surface area contributed by atoms with Gasteiger partial charge in [-0.05, 0) is 73.7 Å². The molecular weight excluding hydrogens is 1040 g/mol. The van der Waals surface area contributed by atoms with Crippen LogP contribution in [0, 0.1) is 5.92 Å². The highest BCUT2D eigenvalue weighted by molar-refractivity contribution is 7.98. The van der Waals surface area contributed by atoms with Crippen LogP contribution in [0.5, 0.6) is 0 Å². The van der Waals surface area contributed by atoms with E-state index in [4.69, 9.17) is 17.2 Å². The number of nitrogens with one attached hydrogen (secondary N) is 8. The molecule has 0 spiro atoms. The number of likely N-dealkylation sites (tertiary alicyclic amines) is 1. The van der Waals surface area contributed by atoms with E-state index in [0.717, 1.165) is 0 Å². The number of hydrogen-bond acceptors (Lipinski definition) is 16. The lowest BCUT2D eigenvalue weighted by Crippen LogP contribution is -2.61. The van der Waals surface area contributed by atoms with Gasteiger partial charge >= 0.3 is 5.97 Å². The van der Waals surface area contributed by atoms with Gasteiger partial charge in [0, 0.05) is 48.0 Å². The molecule has 28 heteroatoms. The molecule has 1 aromatic carbocycles. The summed E-state index contributed by atoms with van der Waals surface area (Å²) in [5.74, 6) is -9.66. The molecule has 74 heavy (non-hydrogen) atoms. The summed E-state index contributed by atoms with van der Waals surface area (Å²) >= 11 is 10.7. The lowest BCUT2D eigenvalue weighted by molar-refractivity contribution is -0.143. The molecule has 2 heterocycles. The Balaban J connectivity index is 1.95. The van der Waals surface area contributed by atoms with E-state index < -0.39 is 138 Å². The topological polar surface area (TPSA) is 389 Å². The lowest BCUT2D eigenvalue weighted by Gasteiger charge is -2.31. The highest BCUT2D eigenvalue weighted by Crippen LogP contribution is 2.22. The highest BCUT2D eigenvalue weighted by atomic mass is 32.2. The van der Waals surface area contributed by atoms with Gasteiger partial charge in [0.15, 0.2) is 0 Å². The van der Waals surface area contributed by atoms with Gasteiger partial charge in [0.1, 0.15) is 48.3 Å². The fourth-order valence-corrected chi connectivity index (χ4v) is 9.24. The first-order chi connectivity index (χ1) is 35.1. The number of thiol groups is 2. The number of carboxylic acids is 1. The second-order valence-electron chi connectivity index (χ2n) is 17.9. The summed E-state index contributed by atoms with van der Waals surface area (Å²) in [6, 6.07) is -4.66. The molecule has 1 aliphatic heterocycles. The van der Waals surface area contributed by atoms with Crippen molar-refractivity contribution in [3.8, 4) is 0 Å². The summed E-state index contributed by atoms with van der Waals surface area (Å²) < 4.78 is 0.